The van der Waals surface area contributed by atoms with Crippen LogP contribution in [0.15, 0.2) is 54.6 Å². The van der Waals surface area contributed by atoms with Crippen LogP contribution in [0.5, 0.6) is 11.5 Å². The van der Waals surface area contributed by atoms with Crippen LogP contribution >= 0.6 is 0 Å². The molecule has 0 heterocycles. The van der Waals surface area contributed by atoms with E-state index in [1.807, 2.05) is 0 Å². The second-order valence-electron chi connectivity index (χ2n) is 5.27. The fourth-order valence-electron chi connectivity index (χ4n) is 2.06. The van der Waals surface area contributed by atoms with Gasteiger partial charge < -0.3 is 10.2 Å². The van der Waals surface area contributed by atoms with E-state index < -0.39 is 0 Å². The van der Waals surface area contributed by atoms with Gasteiger partial charge in [0.2, 0.25) is 0 Å². The van der Waals surface area contributed by atoms with Crippen molar-refractivity contribution >= 4 is 17.6 Å². The molecular weight excluding hydrogens is 292 g/mol. The molecule has 0 bridgehead atoms. The molecule has 0 atom stereocenters. The Hall–Kier alpha value is -2.88. The molecule has 118 valence electrons. The lowest BCUT2D eigenvalue weighted by Gasteiger charge is -2.01. The standard InChI is InChI=1S/C19H18O4/c20-16-7-1-14(2-8-16)5-11-18(22)13-19(23)12-6-15-3-9-17(21)10-4-15/h1-5,7-11,20-21H,6,12-13H2. The number of carbonyl (C=O) groups is 2. The number of carbonyl (C=O) groups excluding carboxylic acids is 2. The van der Waals surface area contributed by atoms with Crippen LogP contribution in [-0.4, -0.2) is 21.8 Å². The number of Topliss-reactive ketones (excluding diaryl/α,β-unsaturated/α-hetero) is 1. The van der Waals surface area contributed by atoms with Crippen LogP contribution in [-0.2, 0) is 16.0 Å². The normalized spacial score (nSPS) is 10.8. The van der Waals surface area contributed by atoms with Crippen LogP contribution in [0.25, 0.3) is 6.08 Å². The van der Waals surface area contributed by atoms with Crippen LogP contribution in [0.4, 0.5) is 0 Å². The molecule has 0 aliphatic carbocycles. The summed E-state index contributed by atoms with van der Waals surface area (Å²) in [6.45, 7) is 0. The quantitative estimate of drug-likeness (QED) is 0.608. The number of rotatable bonds is 7. The Bertz CT molecular complexity index is 697. The third-order valence-electron chi connectivity index (χ3n) is 3.36. The van der Waals surface area contributed by atoms with Crippen LogP contribution in [0, 0.1) is 0 Å². The van der Waals surface area contributed by atoms with Gasteiger partial charge in [-0.1, -0.05) is 30.3 Å². The molecule has 0 aromatic heterocycles. The highest BCUT2D eigenvalue weighted by Gasteiger charge is 2.07. The lowest BCUT2D eigenvalue weighted by atomic mass is 10.0. The highest BCUT2D eigenvalue weighted by molar-refractivity contribution is 6.06. The Morgan fingerprint density at radius 1 is 0.870 bits per heavy atom. The fourth-order valence-corrected chi connectivity index (χ4v) is 2.06. The fraction of sp³-hybridized carbons (Fsp3) is 0.158. The van der Waals surface area contributed by atoms with Gasteiger partial charge in [-0.05, 0) is 47.9 Å². The van der Waals surface area contributed by atoms with Crippen molar-refractivity contribution in [3.8, 4) is 11.5 Å². The van der Waals surface area contributed by atoms with Gasteiger partial charge in [0, 0.05) is 6.42 Å². The summed E-state index contributed by atoms with van der Waals surface area (Å²) in [5.41, 5.74) is 1.73. The lowest BCUT2D eigenvalue weighted by Crippen LogP contribution is -2.06. The number of allylic oxidation sites excluding steroid dienone is 1. The molecule has 2 aromatic carbocycles. The second kappa shape index (κ2) is 7.94. The Morgan fingerprint density at radius 3 is 2.04 bits per heavy atom. The molecule has 4 heteroatoms. The van der Waals surface area contributed by atoms with Crippen LogP contribution in [0.2, 0.25) is 0 Å². The van der Waals surface area contributed by atoms with E-state index in [-0.39, 0.29) is 29.5 Å². The van der Waals surface area contributed by atoms with Crippen molar-refractivity contribution in [1.29, 1.82) is 0 Å². The third-order valence-corrected chi connectivity index (χ3v) is 3.36. The number of phenolic OH excluding ortho intramolecular Hbond substituents is 2. The molecule has 0 fully saturated rings. The Morgan fingerprint density at radius 2 is 1.43 bits per heavy atom. The lowest BCUT2D eigenvalue weighted by molar-refractivity contribution is -0.124. The van der Waals surface area contributed by atoms with E-state index in [1.54, 1.807) is 42.5 Å². The predicted octanol–water partition coefficient (Wildman–Crippen LogP) is 3.27. The zero-order chi connectivity index (χ0) is 16.7. The van der Waals surface area contributed by atoms with E-state index in [0.29, 0.717) is 12.8 Å². The Kier molecular flexibility index (Phi) is 5.69. The number of hydrogen-bond donors (Lipinski definition) is 2. The third kappa shape index (κ3) is 5.79. The molecule has 2 aromatic rings. The number of hydrogen-bond acceptors (Lipinski definition) is 4. The summed E-state index contributed by atoms with van der Waals surface area (Å²) in [6, 6.07) is 13.1. The molecule has 0 aliphatic heterocycles. The van der Waals surface area contributed by atoms with Crippen LogP contribution in [0.3, 0.4) is 0 Å². The van der Waals surface area contributed by atoms with E-state index in [0.717, 1.165) is 11.1 Å². The molecule has 23 heavy (non-hydrogen) atoms. The van der Waals surface area contributed by atoms with Crippen molar-refractivity contribution in [2.45, 2.75) is 19.3 Å². The number of benzene rings is 2. The number of phenols is 2. The first-order chi connectivity index (χ1) is 11.0. The minimum absolute atomic E-state index is 0.113. The topological polar surface area (TPSA) is 74.6 Å². The maximum absolute atomic E-state index is 11.8. The van der Waals surface area contributed by atoms with Crippen molar-refractivity contribution in [3.05, 3.63) is 65.7 Å². The van der Waals surface area contributed by atoms with E-state index >= 15 is 0 Å². The predicted molar refractivity (Wildman–Crippen MR) is 88.2 cm³/mol. The number of aryl methyl sites for hydroxylation is 1. The monoisotopic (exact) mass is 310 g/mol. The number of ketones is 2. The van der Waals surface area contributed by atoms with E-state index in [1.165, 1.54) is 18.2 Å². The molecule has 2 N–H and O–H groups in total. The van der Waals surface area contributed by atoms with Crippen molar-refractivity contribution in [2.24, 2.45) is 0 Å². The maximum Gasteiger partial charge on any atom is 0.163 e. The highest BCUT2D eigenvalue weighted by Crippen LogP contribution is 2.12. The second-order valence-corrected chi connectivity index (χ2v) is 5.27. The minimum atomic E-state index is -0.242. The molecule has 0 saturated heterocycles. The van der Waals surface area contributed by atoms with E-state index in [2.05, 4.69) is 0 Å². The van der Waals surface area contributed by atoms with Gasteiger partial charge in [0.05, 0.1) is 6.42 Å². The van der Waals surface area contributed by atoms with Gasteiger partial charge in [-0.25, -0.2) is 0 Å². The summed E-state index contributed by atoms with van der Waals surface area (Å²) < 4.78 is 0. The zero-order valence-corrected chi connectivity index (χ0v) is 12.6. The molecule has 0 spiro atoms. The minimum Gasteiger partial charge on any atom is -0.508 e. The Balaban J connectivity index is 1.79. The zero-order valence-electron chi connectivity index (χ0n) is 12.6. The summed E-state index contributed by atoms with van der Waals surface area (Å²) in [5.74, 6) is -0.000260. The van der Waals surface area contributed by atoms with E-state index in [9.17, 15) is 19.8 Å². The van der Waals surface area contributed by atoms with Crippen LogP contribution < -0.4 is 0 Å². The largest absolute Gasteiger partial charge is 0.508 e. The molecule has 0 amide bonds. The molecule has 0 unspecified atom stereocenters. The van der Waals surface area contributed by atoms with E-state index in [4.69, 9.17) is 0 Å². The van der Waals surface area contributed by atoms with Gasteiger partial charge >= 0.3 is 0 Å². The first kappa shape index (κ1) is 16.5. The van der Waals surface area contributed by atoms with Gasteiger partial charge in [0.15, 0.2) is 5.78 Å². The molecule has 0 aliphatic rings. The van der Waals surface area contributed by atoms with Crippen molar-refractivity contribution < 1.29 is 19.8 Å². The molecule has 0 saturated carbocycles. The van der Waals surface area contributed by atoms with Gasteiger partial charge in [0.1, 0.15) is 17.3 Å². The van der Waals surface area contributed by atoms with Crippen molar-refractivity contribution in [2.75, 3.05) is 0 Å². The molecule has 0 radical (unpaired) electrons. The van der Waals surface area contributed by atoms with Gasteiger partial charge in [-0.3, -0.25) is 9.59 Å². The first-order valence-electron chi connectivity index (χ1n) is 7.32. The molecule has 2 rings (SSSR count). The van der Waals surface area contributed by atoms with Gasteiger partial charge in [0.25, 0.3) is 0 Å². The first-order valence-corrected chi connectivity index (χ1v) is 7.32. The summed E-state index contributed by atoms with van der Waals surface area (Å²) in [5, 5.41) is 18.4. The summed E-state index contributed by atoms with van der Waals surface area (Å²) in [6.07, 6.45) is 3.73. The smallest absolute Gasteiger partial charge is 0.163 e. The summed E-state index contributed by atoms with van der Waals surface area (Å²) in [7, 11) is 0. The van der Waals surface area contributed by atoms with Gasteiger partial charge in [-0.2, -0.15) is 0 Å². The van der Waals surface area contributed by atoms with Crippen molar-refractivity contribution in [1.82, 2.24) is 0 Å². The Labute approximate surface area is 134 Å². The average molecular weight is 310 g/mol. The highest BCUT2D eigenvalue weighted by atomic mass is 16.3. The van der Waals surface area contributed by atoms with Crippen molar-refractivity contribution in [3.63, 3.8) is 0 Å². The maximum atomic E-state index is 11.8. The molecule has 4 nitrogen and oxygen atoms in total. The van der Waals surface area contributed by atoms with Gasteiger partial charge in [-0.15, -0.1) is 0 Å². The SMILES string of the molecule is O=C(C=Cc1ccc(O)cc1)CC(=O)CCc1ccc(O)cc1. The number of aromatic hydroxyl groups is 2. The average Bonchev–Trinajstić information content (AvgIpc) is 2.54. The summed E-state index contributed by atoms with van der Waals surface area (Å²) >= 11 is 0. The van der Waals surface area contributed by atoms with Crippen LogP contribution in [0.1, 0.15) is 24.0 Å². The summed E-state index contributed by atoms with van der Waals surface area (Å²) in [4.78, 5) is 23.6. The molecular formula is C19H18O4.